The molecule has 204 valence electrons. The molecule has 1 aliphatic rings. The van der Waals surface area contributed by atoms with Gasteiger partial charge >= 0.3 is 12.0 Å². The minimum absolute atomic E-state index is 0.121. The van der Waals surface area contributed by atoms with Gasteiger partial charge < -0.3 is 19.7 Å². The number of nitrogens with one attached hydrogen (secondary N) is 2. The van der Waals surface area contributed by atoms with Gasteiger partial charge in [0.05, 0.1) is 34.7 Å². The maximum Gasteiger partial charge on any atom is 0.339 e. The summed E-state index contributed by atoms with van der Waals surface area (Å²) in [5.74, 6) is -1.82. The highest BCUT2D eigenvalue weighted by Crippen LogP contribution is 2.25. The monoisotopic (exact) mass is 557 g/mol. The molecule has 1 fully saturated rings. The van der Waals surface area contributed by atoms with Gasteiger partial charge in [-0.3, -0.25) is 19.5 Å². The van der Waals surface area contributed by atoms with E-state index in [1.807, 2.05) is 0 Å². The molecule has 4 rings (SSSR count). The van der Waals surface area contributed by atoms with Crippen LogP contribution in [0.4, 0.5) is 20.7 Å². The van der Waals surface area contributed by atoms with E-state index in [1.54, 1.807) is 13.0 Å². The Labute approximate surface area is 227 Å². The first-order valence-electron chi connectivity index (χ1n) is 11.9. The van der Waals surface area contributed by atoms with Gasteiger partial charge in [-0.2, -0.15) is 0 Å². The van der Waals surface area contributed by atoms with Gasteiger partial charge in [-0.1, -0.05) is 11.6 Å². The number of halogens is 2. The Bertz CT molecular complexity index is 1450. The van der Waals surface area contributed by atoms with Crippen LogP contribution < -0.4 is 16.2 Å². The Morgan fingerprint density at radius 3 is 2.62 bits per heavy atom. The first-order chi connectivity index (χ1) is 18.7. The van der Waals surface area contributed by atoms with E-state index in [4.69, 9.17) is 21.1 Å². The minimum atomic E-state index is -0.954. The molecule has 1 saturated heterocycles. The van der Waals surface area contributed by atoms with Crippen LogP contribution in [0.3, 0.4) is 0 Å². The number of hydrogen-bond acceptors (Lipinski definition) is 7. The number of urea groups is 1. The molecule has 3 heterocycles. The maximum absolute atomic E-state index is 15.1. The van der Waals surface area contributed by atoms with E-state index in [0.717, 1.165) is 10.6 Å². The molecule has 1 aromatic carbocycles. The second-order valence-corrected chi connectivity index (χ2v) is 8.99. The van der Waals surface area contributed by atoms with Crippen molar-refractivity contribution in [3.63, 3.8) is 0 Å². The van der Waals surface area contributed by atoms with Crippen LogP contribution in [-0.2, 0) is 14.3 Å². The van der Waals surface area contributed by atoms with Gasteiger partial charge in [0.2, 0.25) is 5.91 Å². The van der Waals surface area contributed by atoms with Gasteiger partial charge in [0.15, 0.2) is 0 Å². The lowest BCUT2D eigenvalue weighted by Crippen LogP contribution is -2.45. The lowest BCUT2D eigenvalue weighted by atomic mass is 10.1. The summed E-state index contributed by atoms with van der Waals surface area (Å²) in [6.07, 6.45) is 2.41. The summed E-state index contributed by atoms with van der Waals surface area (Å²) in [7, 11) is 1.47. The fourth-order valence-electron chi connectivity index (χ4n) is 4.07. The summed E-state index contributed by atoms with van der Waals surface area (Å²) in [6.45, 7) is 1.94. The van der Waals surface area contributed by atoms with Gasteiger partial charge in [0.25, 0.3) is 5.56 Å². The van der Waals surface area contributed by atoms with Crippen LogP contribution in [0.25, 0.3) is 5.69 Å². The molecule has 0 spiro atoms. The van der Waals surface area contributed by atoms with Gasteiger partial charge in [-0.25, -0.2) is 19.0 Å². The molecule has 3 amide bonds. The normalized spacial score (nSPS) is 16.6. The standard InChI is InChI=1S/C26H25ClFN5O6/c1-3-39-25(36)15-4-9-23(34)32(13-15)17-6-7-20(19(28)10-17)30-24(35)21-11-18(38-2)14-33(21)26(37)31-22-8-5-16(27)12-29-22/h4-10,12-13,18,21H,3,11,14H2,1-2H3,(H,30,35)(H,29,31,37). The molecular weight excluding hydrogens is 533 g/mol. The predicted octanol–water partition coefficient (Wildman–Crippen LogP) is 3.46. The van der Waals surface area contributed by atoms with E-state index in [-0.39, 0.29) is 42.3 Å². The molecule has 0 radical (unpaired) electrons. The van der Waals surface area contributed by atoms with Crippen molar-refractivity contribution >= 4 is 41.0 Å². The molecule has 2 unspecified atom stereocenters. The fourth-order valence-corrected chi connectivity index (χ4v) is 4.18. The quantitative estimate of drug-likeness (QED) is 0.425. The number of rotatable bonds is 7. The van der Waals surface area contributed by atoms with Crippen molar-refractivity contribution in [3.05, 3.63) is 81.6 Å². The first-order valence-corrected chi connectivity index (χ1v) is 12.3. The van der Waals surface area contributed by atoms with Crippen LogP contribution in [0, 0.1) is 5.82 Å². The fraction of sp³-hybridized carbons (Fsp3) is 0.269. The number of aromatic nitrogens is 2. The lowest BCUT2D eigenvalue weighted by molar-refractivity contribution is -0.119. The number of pyridine rings is 2. The predicted molar refractivity (Wildman–Crippen MR) is 141 cm³/mol. The molecule has 0 bridgehead atoms. The molecule has 2 atom stereocenters. The topological polar surface area (TPSA) is 132 Å². The zero-order valence-electron chi connectivity index (χ0n) is 21.0. The molecule has 11 nitrogen and oxygen atoms in total. The van der Waals surface area contributed by atoms with Gasteiger partial charge in [0, 0.05) is 44.6 Å². The molecular formula is C26H25ClFN5O6. The number of carbonyl (C=O) groups is 3. The van der Waals surface area contributed by atoms with Crippen LogP contribution in [-0.4, -0.2) is 64.8 Å². The van der Waals surface area contributed by atoms with Crippen LogP contribution >= 0.6 is 11.6 Å². The second kappa shape index (κ2) is 12.0. The number of ether oxygens (including phenoxy) is 2. The summed E-state index contributed by atoms with van der Waals surface area (Å²) in [5, 5.41) is 5.51. The number of methoxy groups -OCH3 is 1. The number of nitrogens with zero attached hydrogens (tertiary/aromatic N) is 3. The Kier molecular flexibility index (Phi) is 8.57. The number of anilines is 2. The Morgan fingerprint density at radius 1 is 1.15 bits per heavy atom. The number of hydrogen-bond donors (Lipinski definition) is 2. The molecule has 3 aromatic rings. The first kappa shape index (κ1) is 27.7. The lowest BCUT2D eigenvalue weighted by Gasteiger charge is -2.24. The van der Waals surface area contributed by atoms with Crippen molar-refractivity contribution in [2.24, 2.45) is 0 Å². The molecule has 2 N–H and O–H groups in total. The molecule has 1 aliphatic heterocycles. The summed E-state index contributed by atoms with van der Waals surface area (Å²) < 4.78 is 26.5. The number of esters is 1. The molecule has 13 heteroatoms. The van der Waals surface area contributed by atoms with Gasteiger partial charge in [-0.05, 0) is 37.3 Å². The third-order valence-corrected chi connectivity index (χ3v) is 6.26. The highest BCUT2D eigenvalue weighted by molar-refractivity contribution is 6.30. The minimum Gasteiger partial charge on any atom is -0.462 e. The number of carbonyl (C=O) groups excluding carboxylic acids is 3. The highest BCUT2D eigenvalue weighted by atomic mass is 35.5. The van der Waals surface area contributed by atoms with E-state index >= 15 is 4.39 Å². The van der Waals surface area contributed by atoms with Crippen molar-refractivity contribution in [3.8, 4) is 5.69 Å². The Hall–Kier alpha value is -4.29. The van der Waals surface area contributed by atoms with Crippen molar-refractivity contribution in [2.45, 2.75) is 25.5 Å². The van der Waals surface area contributed by atoms with Gasteiger partial charge in [0.1, 0.15) is 17.7 Å². The van der Waals surface area contributed by atoms with E-state index < -0.39 is 41.4 Å². The number of benzene rings is 1. The van der Waals surface area contributed by atoms with Crippen LogP contribution in [0.5, 0.6) is 0 Å². The molecule has 0 aliphatic carbocycles. The van der Waals surface area contributed by atoms with Crippen molar-refractivity contribution in [1.82, 2.24) is 14.5 Å². The Balaban J connectivity index is 1.51. The number of likely N-dealkylation sites (tertiary alicyclic amines) is 1. The molecule has 39 heavy (non-hydrogen) atoms. The summed E-state index contributed by atoms with van der Waals surface area (Å²) in [4.78, 5) is 55.7. The van der Waals surface area contributed by atoms with Crippen molar-refractivity contribution < 1.29 is 28.2 Å². The third kappa shape index (κ3) is 6.41. The highest BCUT2D eigenvalue weighted by Gasteiger charge is 2.40. The van der Waals surface area contributed by atoms with E-state index in [2.05, 4.69) is 15.6 Å². The van der Waals surface area contributed by atoms with E-state index in [9.17, 15) is 19.2 Å². The zero-order chi connectivity index (χ0) is 28.1. The van der Waals surface area contributed by atoms with E-state index in [1.165, 1.54) is 54.7 Å². The average Bonchev–Trinajstić information content (AvgIpc) is 3.37. The second-order valence-electron chi connectivity index (χ2n) is 8.55. The van der Waals surface area contributed by atoms with Crippen molar-refractivity contribution in [2.75, 3.05) is 30.9 Å². The van der Waals surface area contributed by atoms with E-state index in [0.29, 0.717) is 5.02 Å². The summed E-state index contributed by atoms with van der Waals surface area (Å²) in [5.41, 5.74) is -0.389. The molecule has 0 saturated carbocycles. The zero-order valence-corrected chi connectivity index (χ0v) is 21.8. The maximum atomic E-state index is 15.1. The third-order valence-electron chi connectivity index (χ3n) is 6.03. The van der Waals surface area contributed by atoms with Crippen LogP contribution in [0.2, 0.25) is 5.02 Å². The average molecular weight is 558 g/mol. The SMILES string of the molecule is CCOC(=O)c1ccc(=O)n(-c2ccc(NC(=O)C3CC(OC)CN3C(=O)Nc3ccc(Cl)cn3)c(F)c2)c1. The summed E-state index contributed by atoms with van der Waals surface area (Å²) in [6, 6.07) is 7.79. The van der Waals surface area contributed by atoms with Crippen molar-refractivity contribution in [1.29, 1.82) is 0 Å². The smallest absolute Gasteiger partial charge is 0.339 e. The molecule has 2 aromatic heterocycles. The Morgan fingerprint density at radius 2 is 1.95 bits per heavy atom. The largest absolute Gasteiger partial charge is 0.462 e. The van der Waals surface area contributed by atoms with Gasteiger partial charge in [-0.15, -0.1) is 0 Å². The van der Waals surface area contributed by atoms with Crippen LogP contribution in [0.15, 0.2) is 59.7 Å². The summed E-state index contributed by atoms with van der Waals surface area (Å²) >= 11 is 5.83. The number of amides is 3. The van der Waals surface area contributed by atoms with Crippen LogP contribution in [0.1, 0.15) is 23.7 Å².